The van der Waals surface area contributed by atoms with Gasteiger partial charge in [0.2, 0.25) is 5.91 Å². The van der Waals surface area contributed by atoms with Gasteiger partial charge in [0.05, 0.1) is 18.2 Å². The second-order valence-corrected chi connectivity index (χ2v) is 7.31. The summed E-state index contributed by atoms with van der Waals surface area (Å²) in [6.45, 7) is 4.29. The van der Waals surface area contributed by atoms with E-state index in [4.69, 9.17) is 4.74 Å². The van der Waals surface area contributed by atoms with Crippen molar-refractivity contribution in [2.45, 2.75) is 19.9 Å². The molecule has 1 heterocycles. The first kappa shape index (κ1) is 19.7. The Balaban J connectivity index is 1.88. The summed E-state index contributed by atoms with van der Waals surface area (Å²) in [4.78, 5) is 28.1. The van der Waals surface area contributed by atoms with Crippen molar-refractivity contribution in [1.29, 1.82) is 0 Å². The molecule has 5 heteroatoms. The van der Waals surface area contributed by atoms with Crippen molar-refractivity contribution < 1.29 is 14.3 Å². The van der Waals surface area contributed by atoms with E-state index < -0.39 is 6.04 Å². The highest BCUT2D eigenvalue weighted by Crippen LogP contribution is 2.37. The van der Waals surface area contributed by atoms with Gasteiger partial charge in [0, 0.05) is 11.3 Å². The van der Waals surface area contributed by atoms with Crippen molar-refractivity contribution in [3.63, 3.8) is 0 Å². The molecule has 0 radical (unpaired) electrons. The van der Waals surface area contributed by atoms with Crippen LogP contribution in [-0.2, 0) is 4.79 Å². The number of anilines is 1. The molecule has 1 aliphatic heterocycles. The molecule has 0 spiro atoms. The predicted molar refractivity (Wildman–Crippen MR) is 117 cm³/mol. The summed E-state index contributed by atoms with van der Waals surface area (Å²) < 4.78 is 5.69. The smallest absolute Gasteiger partial charge is 0.258 e. The second kappa shape index (κ2) is 8.41. The minimum atomic E-state index is -0.401. The summed E-state index contributed by atoms with van der Waals surface area (Å²) in [6.07, 6.45) is 0. The summed E-state index contributed by atoms with van der Waals surface area (Å²) >= 11 is 0. The maximum Gasteiger partial charge on any atom is 0.258 e. The third-order valence-corrected chi connectivity index (χ3v) is 5.19. The van der Waals surface area contributed by atoms with E-state index in [1.807, 2.05) is 74.5 Å². The Morgan fingerprint density at radius 1 is 1.07 bits per heavy atom. The predicted octanol–water partition coefficient (Wildman–Crippen LogP) is 4.58. The number of hydrogen-bond acceptors (Lipinski definition) is 3. The number of carbonyl (C=O) groups excluding carboxylic acids is 2. The number of para-hydroxylation sites is 1. The van der Waals surface area contributed by atoms with Crippen LogP contribution in [0.15, 0.2) is 72.8 Å². The minimum Gasteiger partial charge on any atom is -0.493 e. The number of amides is 2. The van der Waals surface area contributed by atoms with Crippen LogP contribution in [-0.4, -0.2) is 29.9 Å². The average Bonchev–Trinajstić information content (AvgIpc) is 2.90. The Kier molecular flexibility index (Phi) is 5.53. The van der Waals surface area contributed by atoms with E-state index in [9.17, 15) is 9.59 Å². The zero-order valence-corrected chi connectivity index (χ0v) is 17.1. The number of carbonyl (C=O) groups is 2. The monoisotopic (exact) mass is 400 g/mol. The molecule has 0 aliphatic carbocycles. The van der Waals surface area contributed by atoms with Gasteiger partial charge in [0.15, 0.2) is 0 Å². The zero-order chi connectivity index (χ0) is 21.1. The van der Waals surface area contributed by atoms with Gasteiger partial charge in [-0.1, -0.05) is 60.2 Å². The molecular formula is C25H24N2O3. The molecule has 152 valence electrons. The van der Waals surface area contributed by atoms with E-state index in [1.165, 1.54) is 0 Å². The van der Waals surface area contributed by atoms with Gasteiger partial charge < -0.3 is 15.0 Å². The number of fused-ring (bicyclic) bond motifs is 1. The molecule has 2 amide bonds. The van der Waals surface area contributed by atoms with Gasteiger partial charge in [-0.3, -0.25) is 9.59 Å². The maximum atomic E-state index is 13.7. The van der Waals surface area contributed by atoms with Crippen LogP contribution in [0.2, 0.25) is 0 Å². The molecule has 1 unspecified atom stereocenters. The number of ether oxygens (including phenoxy) is 1. The molecule has 0 aromatic heterocycles. The van der Waals surface area contributed by atoms with Gasteiger partial charge in [0.1, 0.15) is 12.3 Å². The minimum absolute atomic E-state index is 0.0490. The number of nitrogens with zero attached hydrogens (tertiary/aromatic N) is 1. The first-order valence-corrected chi connectivity index (χ1v) is 10.1. The van der Waals surface area contributed by atoms with Gasteiger partial charge in [0.25, 0.3) is 5.91 Å². The van der Waals surface area contributed by atoms with Crippen LogP contribution in [0.25, 0.3) is 0 Å². The molecule has 0 saturated heterocycles. The Morgan fingerprint density at radius 2 is 1.80 bits per heavy atom. The third kappa shape index (κ3) is 3.79. The van der Waals surface area contributed by atoms with Crippen LogP contribution in [0.3, 0.4) is 0 Å². The van der Waals surface area contributed by atoms with Crippen LogP contribution in [0.4, 0.5) is 5.69 Å². The van der Waals surface area contributed by atoms with Crippen LogP contribution >= 0.6 is 0 Å². The number of hydrogen-bond donors (Lipinski definition) is 1. The van der Waals surface area contributed by atoms with Crippen molar-refractivity contribution in [3.05, 3.63) is 95.1 Å². The summed E-state index contributed by atoms with van der Waals surface area (Å²) in [6, 6.07) is 22.5. The van der Waals surface area contributed by atoms with E-state index in [0.717, 1.165) is 22.4 Å². The van der Waals surface area contributed by atoms with Crippen molar-refractivity contribution >= 4 is 17.5 Å². The van der Waals surface area contributed by atoms with E-state index >= 15 is 0 Å². The molecule has 1 N–H and O–H groups in total. The van der Waals surface area contributed by atoms with Crippen molar-refractivity contribution in [2.24, 2.45) is 0 Å². The quantitative estimate of drug-likeness (QED) is 0.698. The number of nitrogens with one attached hydrogen (secondary N) is 1. The fourth-order valence-corrected chi connectivity index (χ4v) is 3.89. The number of rotatable bonds is 4. The maximum absolute atomic E-state index is 13.7. The topological polar surface area (TPSA) is 58.6 Å². The summed E-state index contributed by atoms with van der Waals surface area (Å²) in [5.41, 5.74) is 4.09. The molecule has 30 heavy (non-hydrogen) atoms. The summed E-state index contributed by atoms with van der Waals surface area (Å²) in [5, 5.41) is 2.96. The van der Waals surface area contributed by atoms with E-state index in [2.05, 4.69) is 5.32 Å². The molecule has 5 nitrogen and oxygen atoms in total. The largest absolute Gasteiger partial charge is 0.493 e. The Bertz CT molecular complexity index is 1080. The average molecular weight is 400 g/mol. The lowest BCUT2D eigenvalue weighted by Gasteiger charge is -2.31. The van der Waals surface area contributed by atoms with E-state index in [-0.39, 0.29) is 18.4 Å². The Morgan fingerprint density at radius 3 is 2.57 bits per heavy atom. The molecule has 3 aromatic carbocycles. The van der Waals surface area contributed by atoms with Gasteiger partial charge in [-0.05, 0) is 37.6 Å². The highest BCUT2D eigenvalue weighted by Gasteiger charge is 2.34. The standard InChI is InChI=1S/C25H24N2O3/c1-3-30-22-12-8-7-11-19(22)25(29)27-16-23(28)26-21-14-13-17(2)15-20(21)24(27)18-9-5-4-6-10-18/h4-15,24H,3,16H2,1-2H3,(H,26,28). The molecule has 4 rings (SSSR count). The van der Waals surface area contributed by atoms with Crippen molar-refractivity contribution in [1.82, 2.24) is 4.90 Å². The number of benzene rings is 3. The van der Waals surface area contributed by atoms with E-state index in [0.29, 0.717) is 17.9 Å². The third-order valence-electron chi connectivity index (χ3n) is 5.19. The Labute approximate surface area is 176 Å². The normalized spacial score (nSPS) is 15.7. The number of aryl methyl sites for hydroxylation is 1. The van der Waals surface area contributed by atoms with E-state index in [1.54, 1.807) is 17.0 Å². The van der Waals surface area contributed by atoms with Crippen molar-refractivity contribution in [2.75, 3.05) is 18.5 Å². The van der Waals surface area contributed by atoms with Crippen molar-refractivity contribution in [3.8, 4) is 5.75 Å². The SMILES string of the molecule is CCOc1ccccc1C(=O)N1CC(=O)Nc2ccc(C)cc2C1c1ccccc1. The highest BCUT2D eigenvalue weighted by molar-refractivity contribution is 6.02. The molecular weight excluding hydrogens is 376 g/mol. The van der Waals surface area contributed by atoms with Gasteiger partial charge >= 0.3 is 0 Å². The molecule has 1 aliphatic rings. The van der Waals surface area contributed by atoms with Crippen LogP contribution in [0.5, 0.6) is 5.75 Å². The second-order valence-electron chi connectivity index (χ2n) is 7.31. The Hall–Kier alpha value is -3.60. The fraction of sp³-hybridized carbons (Fsp3) is 0.200. The lowest BCUT2D eigenvalue weighted by molar-refractivity contribution is -0.117. The zero-order valence-electron chi connectivity index (χ0n) is 17.1. The summed E-state index contributed by atoms with van der Waals surface area (Å²) in [5.74, 6) is 0.0594. The van der Waals surface area contributed by atoms with Crippen LogP contribution in [0.1, 0.15) is 40.0 Å². The lowest BCUT2D eigenvalue weighted by Crippen LogP contribution is -2.39. The van der Waals surface area contributed by atoms with Gasteiger partial charge in [-0.2, -0.15) is 0 Å². The van der Waals surface area contributed by atoms with Crippen LogP contribution < -0.4 is 10.1 Å². The summed E-state index contributed by atoms with van der Waals surface area (Å²) in [7, 11) is 0. The molecule has 0 saturated carbocycles. The molecule has 0 fully saturated rings. The first-order chi connectivity index (χ1) is 14.6. The van der Waals surface area contributed by atoms with Gasteiger partial charge in [-0.15, -0.1) is 0 Å². The van der Waals surface area contributed by atoms with Crippen LogP contribution in [0, 0.1) is 6.92 Å². The first-order valence-electron chi connectivity index (χ1n) is 10.1. The highest BCUT2D eigenvalue weighted by atomic mass is 16.5. The molecule has 3 aromatic rings. The van der Waals surface area contributed by atoms with Gasteiger partial charge in [-0.25, -0.2) is 0 Å². The fourth-order valence-electron chi connectivity index (χ4n) is 3.89. The lowest BCUT2D eigenvalue weighted by atomic mass is 9.94. The molecule has 1 atom stereocenters. The molecule has 0 bridgehead atoms.